The number of halogens is 3. The van der Waals surface area contributed by atoms with Gasteiger partial charge in [-0.05, 0) is 41.8 Å². The molecule has 0 saturated heterocycles. The molecule has 0 atom stereocenters. The summed E-state index contributed by atoms with van der Waals surface area (Å²) in [6, 6.07) is 12.1. The summed E-state index contributed by atoms with van der Waals surface area (Å²) in [5.41, 5.74) is 2.07. The van der Waals surface area contributed by atoms with Gasteiger partial charge in [-0.3, -0.25) is 9.59 Å². The Kier molecular flexibility index (Phi) is 5.28. The number of hydrogen-bond acceptors (Lipinski definition) is 3. The highest BCUT2D eigenvalue weighted by molar-refractivity contribution is 6.53. The second kappa shape index (κ2) is 7.31. The lowest BCUT2D eigenvalue weighted by Gasteiger charge is -2.16. The summed E-state index contributed by atoms with van der Waals surface area (Å²) >= 11 is 18.1. The number of rotatable bonds is 4. The van der Waals surface area contributed by atoms with E-state index in [1.807, 2.05) is 24.3 Å². The van der Waals surface area contributed by atoms with E-state index >= 15 is 0 Å². The molecule has 0 radical (unpaired) electrons. The standard InChI is InChI=1S/C19H15Cl3N2O2/c1-10(2)11-3-6-13(7-4-11)23-17-16(22)18(25)24(19(17)26)15-8-5-12(20)9-14(15)21/h3-10,23H,1-2H3. The molecule has 2 aromatic carbocycles. The number of nitrogens with one attached hydrogen (secondary N) is 1. The van der Waals surface area contributed by atoms with Crippen molar-refractivity contribution in [3.8, 4) is 0 Å². The van der Waals surface area contributed by atoms with Crippen molar-refractivity contribution in [3.63, 3.8) is 0 Å². The molecule has 0 unspecified atom stereocenters. The number of carbonyl (C=O) groups is 2. The molecule has 0 saturated carbocycles. The van der Waals surface area contributed by atoms with Gasteiger partial charge in [-0.25, -0.2) is 4.90 Å². The molecule has 0 aromatic heterocycles. The number of nitrogens with zero attached hydrogens (tertiary/aromatic N) is 1. The van der Waals surface area contributed by atoms with Crippen LogP contribution in [0.4, 0.5) is 11.4 Å². The quantitative estimate of drug-likeness (QED) is 0.673. The third-order valence-corrected chi connectivity index (χ3v) is 4.91. The number of anilines is 2. The Morgan fingerprint density at radius 1 is 0.923 bits per heavy atom. The van der Waals surface area contributed by atoms with Crippen LogP contribution in [-0.4, -0.2) is 11.8 Å². The van der Waals surface area contributed by atoms with Gasteiger partial charge in [0.1, 0.15) is 10.7 Å². The number of imide groups is 1. The lowest BCUT2D eigenvalue weighted by Crippen LogP contribution is -2.32. The summed E-state index contributed by atoms with van der Waals surface area (Å²) in [6.45, 7) is 4.18. The van der Waals surface area contributed by atoms with Crippen molar-refractivity contribution in [2.24, 2.45) is 0 Å². The van der Waals surface area contributed by atoms with Gasteiger partial charge in [0.15, 0.2) is 0 Å². The lowest BCUT2D eigenvalue weighted by molar-refractivity contribution is -0.120. The SMILES string of the molecule is CC(C)c1ccc(NC2=C(Cl)C(=O)N(c3ccc(Cl)cc3Cl)C2=O)cc1. The third kappa shape index (κ3) is 3.45. The van der Waals surface area contributed by atoms with Gasteiger partial charge >= 0.3 is 0 Å². The molecule has 3 rings (SSSR count). The summed E-state index contributed by atoms with van der Waals surface area (Å²) in [5.74, 6) is -0.816. The van der Waals surface area contributed by atoms with Crippen LogP contribution in [0.1, 0.15) is 25.3 Å². The summed E-state index contributed by atoms with van der Waals surface area (Å²) in [4.78, 5) is 26.2. The minimum atomic E-state index is -0.637. The molecule has 0 bridgehead atoms. The predicted molar refractivity (Wildman–Crippen MR) is 106 cm³/mol. The van der Waals surface area contributed by atoms with Crippen molar-refractivity contribution in [1.29, 1.82) is 0 Å². The second-order valence-electron chi connectivity index (χ2n) is 6.13. The van der Waals surface area contributed by atoms with Gasteiger partial charge in [0, 0.05) is 10.7 Å². The first-order valence-corrected chi connectivity index (χ1v) is 9.03. The van der Waals surface area contributed by atoms with Gasteiger partial charge in [0.2, 0.25) is 0 Å². The normalized spacial score (nSPS) is 14.6. The van der Waals surface area contributed by atoms with E-state index in [4.69, 9.17) is 34.8 Å². The molecule has 0 spiro atoms. The molecule has 7 heteroatoms. The molecule has 1 N–H and O–H groups in total. The Hall–Kier alpha value is -2.01. The Labute approximate surface area is 166 Å². The largest absolute Gasteiger partial charge is 0.350 e. The zero-order valence-corrected chi connectivity index (χ0v) is 16.3. The predicted octanol–water partition coefficient (Wildman–Crippen LogP) is 5.55. The minimum Gasteiger partial charge on any atom is -0.350 e. The molecule has 4 nitrogen and oxygen atoms in total. The second-order valence-corrected chi connectivity index (χ2v) is 7.35. The maximum atomic E-state index is 12.8. The molecule has 2 aromatic rings. The first-order chi connectivity index (χ1) is 12.3. The summed E-state index contributed by atoms with van der Waals surface area (Å²) in [7, 11) is 0. The Morgan fingerprint density at radius 3 is 2.15 bits per heavy atom. The molecule has 1 heterocycles. The van der Waals surface area contributed by atoms with E-state index in [0.717, 1.165) is 4.90 Å². The number of amides is 2. The Bertz CT molecular complexity index is 921. The van der Waals surface area contributed by atoms with E-state index in [0.29, 0.717) is 16.6 Å². The molecular formula is C19H15Cl3N2O2. The van der Waals surface area contributed by atoms with Crippen molar-refractivity contribution < 1.29 is 9.59 Å². The fourth-order valence-corrected chi connectivity index (χ4v) is 3.29. The molecule has 1 aliphatic heterocycles. The van der Waals surface area contributed by atoms with Crippen LogP contribution in [-0.2, 0) is 9.59 Å². The maximum Gasteiger partial charge on any atom is 0.283 e. The fraction of sp³-hybridized carbons (Fsp3) is 0.158. The van der Waals surface area contributed by atoms with Crippen LogP contribution in [0.5, 0.6) is 0 Å². The van der Waals surface area contributed by atoms with Crippen LogP contribution in [0.3, 0.4) is 0 Å². The first-order valence-electron chi connectivity index (χ1n) is 7.90. The van der Waals surface area contributed by atoms with E-state index in [1.54, 1.807) is 6.07 Å². The van der Waals surface area contributed by atoms with Crippen molar-refractivity contribution in [2.45, 2.75) is 19.8 Å². The van der Waals surface area contributed by atoms with E-state index in [2.05, 4.69) is 19.2 Å². The van der Waals surface area contributed by atoms with Crippen molar-refractivity contribution >= 4 is 58.0 Å². The van der Waals surface area contributed by atoms with Crippen LogP contribution in [0.25, 0.3) is 0 Å². The van der Waals surface area contributed by atoms with E-state index < -0.39 is 11.8 Å². The van der Waals surface area contributed by atoms with Gasteiger partial charge in [-0.15, -0.1) is 0 Å². The molecule has 2 amide bonds. The summed E-state index contributed by atoms with van der Waals surface area (Å²) < 4.78 is 0. The minimum absolute atomic E-state index is 0.0139. The monoisotopic (exact) mass is 408 g/mol. The molecule has 1 aliphatic rings. The molecule has 26 heavy (non-hydrogen) atoms. The number of benzene rings is 2. The van der Waals surface area contributed by atoms with Gasteiger partial charge in [0.25, 0.3) is 11.8 Å². The average Bonchev–Trinajstić information content (AvgIpc) is 2.80. The average molecular weight is 410 g/mol. The first kappa shape index (κ1) is 18.8. The van der Waals surface area contributed by atoms with Crippen LogP contribution in [0.15, 0.2) is 53.2 Å². The van der Waals surface area contributed by atoms with E-state index in [1.165, 1.54) is 17.7 Å². The highest BCUT2D eigenvalue weighted by Gasteiger charge is 2.39. The van der Waals surface area contributed by atoms with Crippen LogP contribution in [0, 0.1) is 0 Å². The number of carbonyl (C=O) groups excluding carboxylic acids is 2. The van der Waals surface area contributed by atoms with Gasteiger partial charge < -0.3 is 5.32 Å². The topological polar surface area (TPSA) is 49.4 Å². The lowest BCUT2D eigenvalue weighted by atomic mass is 10.0. The molecule has 0 aliphatic carbocycles. The van der Waals surface area contributed by atoms with Crippen molar-refractivity contribution in [2.75, 3.05) is 10.2 Å². The van der Waals surface area contributed by atoms with E-state index in [-0.39, 0.29) is 21.4 Å². The van der Waals surface area contributed by atoms with Crippen LogP contribution in [0.2, 0.25) is 10.0 Å². The maximum absolute atomic E-state index is 12.8. The van der Waals surface area contributed by atoms with Crippen molar-refractivity contribution in [3.05, 3.63) is 68.8 Å². The molecule has 0 fully saturated rings. The van der Waals surface area contributed by atoms with Gasteiger partial charge in [0.05, 0.1) is 10.7 Å². The van der Waals surface area contributed by atoms with Gasteiger partial charge in [-0.2, -0.15) is 0 Å². The Morgan fingerprint density at radius 2 is 1.58 bits per heavy atom. The van der Waals surface area contributed by atoms with Crippen molar-refractivity contribution in [1.82, 2.24) is 0 Å². The zero-order chi connectivity index (χ0) is 19.0. The molecule has 134 valence electrons. The van der Waals surface area contributed by atoms with E-state index in [9.17, 15) is 9.59 Å². The van der Waals surface area contributed by atoms with Crippen LogP contribution >= 0.6 is 34.8 Å². The number of hydrogen-bond donors (Lipinski definition) is 1. The highest BCUT2D eigenvalue weighted by Crippen LogP contribution is 2.35. The molecular weight excluding hydrogens is 395 g/mol. The third-order valence-electron chi connectivity index (χ3n) is 4.02. The Balaban J connectivity index is 1.89. The van der Waals surface area contributed by atoms with Gasteiger partial charge in [-0.1, -0.05) is 60.8 Å². The summed E-state index contributed by atoms with van der Waals surface area (Å²) in [5, 5.41) is 3.34. The smallest absolute Gasteiger partial charge is 0.283 e. The zero-order valence-electron chi connectivity index (χ0n) is 14.0. The highest BCUT2D eigenvalue weighted by atomic mass is 35.5. The summed E-state index contributed by atoms with van der Waals surface area (Å²) in [6.07, 6.45) is 0. The van der Waals surface area contributed by atoms with Crippen LogP contribution < -0.4 is 10.2 Å². The fourth-order valence-electron chi connectivity index (χ4n) is 2.59.